The van der Waals surface area contributed by atoms with Gasteiger partial charge in [-0.15, -0.1) is 5.10 Å². The van der Waals surface area contributed by atoms with Crippen LogP contribution in [0.2, 0.25) is 0 Å². The van der Waals surface area contributed by atoms with Crippen molar-refractivity contribution in [3.05, 3.63) is 60.2 Å². The highest BCUT2D eigenvalue weighted by molar-refractivity contribution is 5.94. The number of para-hydroxylation sites is 1. The fourth-order valence-electron chi connectivity index (χ4n) is 5.80. The average Bonchev–Trinajstić information content (AvgIpc) is 3.29. The van der Waals surface area contributed by atoms with E-state index in [4.69, 9.17) is 10.1 Å². The molecule has 2 atom stereocenters. The van der Waals surface area contributed by atoms with Gasteiger partial charge in [0.05, 0.1) is 5.69 Å². The number of likely N-dealkylation sites (N-methyl/N-ethyl adjacent to an activating group) is 1. The third-order valence-electron chi connectivity index (χ3n) is 8.12. The van der Waals surface area contributed by atoms with E-state index in [9.17, 15) is 9.59 Å². The third kappa shape index (κ3) is 4.50. The van der Waals surface area contributed by atoms with E-state index in [0.29, 0.717) is 24.9 Å². The van der Waals surface area contributed by atoms with E-state index in [1.54, 1.807) is 4.90 Å². The number of hydrogen-bond donors (Lipinski definition) is 0. The summed E-state index contributed by atoms with van der Waals surface area (Å²) in [7, 11) is 2.07. The number of aromatic nitrogens is 3. The summed E-state index contributed by atoms with van der Waals surface area (Å²) in [5.41, 5.74) is 2.02. The molecule has 1 aromatic carbocycles. The van der Waals surface area contributed by atoms with Gasteiger partial charge < -0.3 is 14.7 Å². The highest BCUT2D eigenvalue weighted by atomic mass is 16.2. The van der Waals surface area contributed by atoms with E-state index in [2.05, 4.69) is 30.2 Å². The second-order valence-electron chi connectivity index (χ2n) is 10.6. The quantitative estimate of drug-likeness (QED) is 0.628. The zero-order valence-electron chi connectivity index (χ0n) is 20.9. The predicted octanol–water partition coefficient (Wildman–Crippen LogP) is 3.02. The average molecular weight is 487 g/mol. The van der Waals surface area contributed by atoms with Crippen LogP contribution in [0.15, 0.2) is 48.6 Å². The van der Waals surface area contributed by atoms with Crippen molar-refractivity contribution in [2.24, 2.45) is 11.8 Å². The van der Waals surface area contributed by atoms with Gasteiger partial charge in [0.2, 0.25) is 11.7 Å². The largest absolute Gasteiger partial charge is 0.339 e. The van der Waals surface area contributed by atoms with E-state index in [-0.39, 0.29) is 30.2 Å². The Bertz CT molecular complexity index is 1190. The van der Waals surface area contributed by atoms with Gasteiger partial charge in [0.15, 0.2) is 5.82 Å². The lowest BCUT2D eigenvalue weighted by atomic mass is 10.0. The van der Waals surface area contributed by atoms with Crippen molar-refractivity contribution < 1.29 is 9.59 Å². The van der Waals surface area contributed by atoms with E-state index in [1.165, 1.54) is 0 Å². The fraction of sp³-hybridized carbons (Fsp3) is 0.500. The summed E-state index contributed by atoms with van der Waals surface area (Å²) < 4.78 is 1.81. The van der Waals surface area contributed by atoms with E-state index in [1.807, 2.05) is 39.9 Å². The molecule has 2 heterocycles. The molecule has 0 spiro atoms. The van der Waals surface area contributed by atoms with Crippen LogP contribution in [0, 0.1) is 11.8 Å². The van der Waals surface area contributed by atoms with Crippen LogP contribution >= 0.6 is 0 Å². The number of carbonyl (C=O) groups excluding carboxylic acids is 2. The normalized spacial score (nSPS) is 23.9. The molecule has 0 bridgehead atoms. The van der Waals surface area contributed by atoms with Crippen LogP contribution in [0.4, 0.5) is 0 Å². The summed E-state index contributed by atoms with van der Waals surface area (Å²) in [5.74, 6) is 1.69. The molecule has 3 fully saturated rings. The fourth-order valence-corrected chi connectivity index (χ4v) is 5.80. The van der Waals surface area contributed by atoms with Gasteiger partial charge in [-0.25, -0.2) is 9.67 Å². The van der Waals surface area contributed by atoms with Crippen molar-refractivity contribution in [2.75, 3.05) is 39.8 Å². The smallest absolute Gasteiger partial charge is 0.294 e. The number of piperazine rings is 1. The maximum atomic E-state index is 13.9. The van der Waals surface area contributed by atoms with Crippen LogP contribution < -0.4 is 0 Å². The highest BCUT2D eigenvalue weighted by Crippen LogP contribution is 2.50. The maximum Gasteiger partial charge on any atom is 0.294 e. The van der Waals surface area contributed by atoms with Gasteiger partial charge in [-0.2, -0.15) is 0 Å². The minimum Gasteiger partial charge on any atom is -0.339 e. The molecule has 2 aromatic rings. The lowest BCUT2D eigenvalue weighted by molar-refractivity contribution is -0.133. The highest BCUT2D eigenvalue weighted by Gasteiger charge is 2.42. The monoisotopic (exact) mass is 486 g/mol. The molecule has 1 aliphatic heterocycles. The summed E-state index contributed by atoms with van der Waals surface area (Å²) in [6.45, 7) is 3.23. The molecule has 2 saturated carbocycles. The van der Waals surface area contributed by atoms with Crippen LogP contribution in [-0.4, -0.2) is 87.1 Å². The van der Waals surface area contributed by atoms with Gasteiger partial charge in [0.25, 0.3) is 5.91 Å². The molecule has 2 unspecified atom stereocenters. The van der Waals surface area contributed by atoms with Gasteiger partial charge in [0, 0.05) is 37.8 Å². The standard InChI is InChI=1S/C28H34N6O2/c1-31-14-16-32(17-15-31)25(35)19-33(21-9-5-6-10-21)28(36)26-29-27(23-13-7-8-20-18-24(20)23)34(30-26)22-11-3-2-4-12-22/h2-4,7-8,11-13,20-21,24H,5-6,9-10,14-19H2,1H3. The van der Waals surface area contributed by atoms with Crippen LogP contribution in [0.5, 0.6) is 0 Å². The Morgan fingerprint density at radius 3 is 2.56 bits per heavy atom. The summed E-state index contributed by atoms with van der Waals surface area (Å²) in [4.78, 5) is 37.9. The number of allylic oxidation sites excluding steroid dienone is 4. The maximum absolute atomic E-state index is 13.9. The Hall–Kier alpha value is -3.26. The molecule has 6 rings (SSSR count). The number of carbonyl (C=O) groups is 2. The van der Waals surface area contributed by atoms with Crippen molar-refractivity contribution in [1.29, 1.82) is 0 Å². The Morgan fingerprint density at radius 2 is 1.81 bits per heavy atom. The number of nitrogens with zero attached hydrogens (tertiary/aromatic N) is 6. The summed E-state index contributed by atoms with van der Waals surface area (Å²) >= 11 is 0. The Kier molecular flexibility index (Phi) is 6.21. The number of rotatable bonds is 6. The van der Waals surface area contributed by atoms with Crippen molar-refractivity contribution in [3.63, 3.8) is 0 Å². The Morgan fingerprint density at radius 1 is 1.06 bits per heavy atom. The summed E-state index contributed by atoms with van der Waals surface area (Å²) in [6, 6.07) is 9.94. The van der Waals surface area contributed by atoms with Crippen LogP contribution in [0.1, 0.15) is 48.5 Å². The van der Waals surface area contributed by atoms with Crippen molar-refractivity contribution in [3.8, 4) is 5.69 Å². The first-order valence-corrected chi connectivity index (χ1v) is 13.3. The van der Waals surface area contributed by atoms with E-state index < -0.39 is 0 Å². The van der Waals surface area contributed by atoms with Gasteiger partial charge in [0.1, 0.15) is 6.54 Å². The Balaban J connectivity index is 1.31. The van der Waals surface area contributed by atoms with Gasteiger partial charge in [-0.3, -0.25) is 9.59 Å². The Labute approximate surface area is 212 Å². The van der Waals surface area contributed by atoms with E-state index >= 15 is 0 Å². The molecule has 36 heavy (non-hydrogen) atoms. The van der Waals surface area contributed by atoms with Crippen molar-refractivity contribution in [2.45, 2.75) is 38.1 Å². The van der Waals surface area contributed by atoms with Crippen molar-refractivity contribution >= 4 is 17.4 Å². The first-order valence-electron chi connectivity index (χ1n) is 13.3. The molecular weight excluding hydrogens is 452 g/mol. The topological polar surface area (TPSA) is 74.6 Å². The first kappa shape index (κ1) is 23.2. The van der Waals surface area contributed by atoms with Crippen LogP contribution in [0.3, 0.4) is 0 Å². The first-order chi connectivity index (χ1) is 17.6. The minimum absolute atomic E-state index is 0.0204. The number of amides is 2. The second kappa shape index (κ2) is 9.65. The molecule has 0 N–H and O–H groups in total. The predicted molar refractivity (Wildman–Crippen MR) is 137 cm³/mol. The molecule has 0 radical (unpaired) electrons. The van der Waals surface area contributed by atoms with Crippen LogP contribution in [-0.2, 0) is 4.79 Å². The molecule has 188 valence electrons. The molecule has 8 nitrogen and oxygen atoms in total. The number of hydrogen-bond acceptors (Lipinski definition) is 5. The molecule has 1 saturated heterocycles. The van der Waals surface area contributed by atoms with Gasteiger partial charge >= 0.3 is 0 Å². The third-order valence-corrected chi connectivity index (χ3v) is 8.12. The molecule has 1 aromatic heterocycles. The SMILES string of the molecule is CN1CCN(C(=O)CN(C(=O)c2nc(C3=CC=CC4CC34)n(-c3ccccc3)n2)C2CCCC2)CC1. The molecule has 3 aliphatic carbocycles. The van der Waals surface area contributed by atoms with Crippen molar-refractivity contribution in [1.82, 2.24) is 29.5 Å². The second-order valence-corrected chi connectivity index (χ2v) is 10.6. The van der Waals surface area contributed by atoms with Gasteiger partial charge in [-0.1, -0.05) is 49.3 Å². The molecular formula is C28H34N6O2. The summed E-state index contributed by atoms with van der Waals surface area (Å²) in [5, 5.41) is 4.75. The molecule has 4 aliphatic rings. The lowest BCUT2D eigenvalue weighted by Crippen LogP contribution is -2.52. The zero-order valence-corrected chi connectivity index (χ0v) is 20.9. The van der Waals surface area contributed by atoms with Gasteiger partial charge in [-0.05, 0) is 50.3 Å². The summed E-state index contributed by atoms with van der Waals surface area (Å²) in [6.07, 6.45) is 11.6. The molecule has 8 heteroatoms. The lowest BCUT2D eigenvalue weighted by Gasteiger charge is -2.35. The number of benzene rings is 1. The minimum atomic E-state index is -0.236. The molecule has 2 amide bonds. The van der Waals surface area contributed by atoms with Crippen LogP contribution in [0.25, 0.3) is 11.3 Å². The van der Waals surface area contributed by atoms with E-state index in [0.717, 1.165) is 62.3 Å². The number of fused-ring (bicyclic) bond motifs is 1. The zero-order chi connectivity index (χ0) is 24.6.